The molecule has 0 aliphatic heterocycles. The van der Waals surface area contributed by atoms with Crippen molar-refractivity contribution in [1.29, 1.82) is 0 Å². The van der Waals surface area contributed by atoms with Gasteiger partial charge in [0.25, 0.3) is 0 Å². The van der Waals surface area contributed by atoms with E-state index in [1.165, 1.54) is 24.3 Å². The third kappa shape index (κ3) is 3.28. The van der Waals surface area contributed by atoms with Crippen LogP contribution in [0.4, 0.5) is 14.5 Å². The van der Waals surface area contributed by atoms with Crippen molar-refractivity contribution in [3.8, 4) is 0 Å². The Morgan fingerprint density at radius 3 is 2.58 bits per heavy atom. The van der Waals surface area contributed by atoms with E-state index < -0.39 is 17.6 Å². The van der Waals surface area contributed by atoms with Crippen LogP contribution in [0.5, 0.6) is 0 Å². The van der Waals surface area contributed by atoms with E-state index in [1.54, 1.807) is 6.07 Å². The minimum absolute atomic E-state index is 0.0450. The number of carbonyl (C=O) groups is 1. The Balaban J connectivity index is 2.07. The molecule has 0 heterocycles. The molecule has 2 aromatic rings. The summed E-state index contributed by atoms with van der Waals surface area (Å²) in [5, 5.41) is 0. The SMILES string of the molecule is Nc1ccc(F)cc1C(=O)OCc1cccc(F)c1. The summed E-state index contributed by atoms with van der Waals surface area (Å²) < 4.78 is 30.9. The van der Waals surface area contributed by atoms with Crippen molar-refractivity contribution in [3.63, 3.8) is 0 Å². The van der Waals surface area contributed by atoms with Gasteiger partial charge in [-0.1, -0.05) is 12.1 Å². The molecule has 0 unspecified atom stereocenters. The normalized spacial score (nSPS) is 10.2. The number of esters is 1. The van der Waals surface area contributed by atoms with E-state index in [2.05, 4.69) is 0 Å². The Morgan fingerprint density at radius 2 is 1.84 bits per heavy atom. The van der Waals surface area contributed by atoms with Crippen molar-refractivity contribution in [2.75, 3.05) is 5.73 Å². The average Bonchev–Trinajstić information content (AvgIpc) is 2.39. The molecule has 0 spiro atoms. The van der Waals surface area contributed by atoms with Crippen molar-refractivity contribution in [2.45, 2.75) is 6.61 Å². The van der Waals surface area contributed by atoms with Gasteiger partial charge in [-0.2, -0.15) is 0 Å². The summed E-state index contributed by atoms with van der Waals surface area (Å²) in [5.41, 5.74) is 6.14. The lowest BCUT2D eigenvalue weighted by Gasteiger charge is -2.07. The fraction of sp³-hybridized carbons (Fsp3) is 0.0714. The molecule has 0 fully saturated rings. The van der Waals surface area contributed by atoms with E-state index in [4.69, 9.17) is 10.5 Å². The molecule has 2 aromatic carbocycles. The number of halogens is 2. The lowest BCUT2D eigenvalue weighted by atomic mass is 10.2. The van der Waals surface area contributed by atoms with Gasteiger partial charge in [-0.3, -0.25) is 0 Å². The van der Waals surface area contributed by atoms with Gasteiger partial charge >= 0.3 is 5.97 Å². The Hall–Kier alpha value is -2.43. The van der Waals surface area contributed by atoms with Gasteiger partial charge in [0.1, 0.15) is 18.2 Å². The largest absolute Gasteiger partial charge is 0.457 e. The van der Waals surface area contributed by atoms with Crippen molar-refractivity contribution in [3.05, 3.63) is 65.2 Å². The first-order chi connectivity index (χ1) is 9.06. The molecule has 0 aliphatic carbocycles. The highest BCUT2D eigenvalue weighted by Crippen LogP contribution is 2.15. The molecule has 2 N–H and O–H groups in total. The van der Waals surface area contributed by atoms with Gasteiger partial charge in [0.15, 0.2) is 0 Å². The number of anilines is 1. The fourth-order valence-corrected chi connectivity index (χ4v) is 1.56. The number of nitrogen functional groups attached to an aromatic ring is 1. The van der Waals surface area contributed by atoms with Crippen LogP contribution in [-0.4, -0.2) is 5.97 Å². The van der Waals surface area contributed by atoms with E-state index in [-0.39, 0.29) is 17.9 Å². The third-order valence-corrected chi connectivity index (χ3v) is 2.49. The van der Waals surface area contributed by atoms with E-state index >= 15 is 0 Å². The highest BCUT2D eigenvalue weighted by Gasteiger charge is 2.12. The number of carbonyl (C=O) groups excluding carboxylic acids is 1. The van der Waals surface area contributed by atoms with Gasteiger partial charge in [-0.15, -0.1) is 0 Å². The lowest BCUT2D eigenvalue weighted by molar-refractivity contribution is 0.0473. The van der Waals surface area contributed by atoms with Crippen LogP contribution in [0.1, 0.15) is 15.9 Å². The molecule has 3 nitrogen and oxygen atoms in total. The molecule has 0 saturated heterocycles. The number of ether oxygens (including phenoxy) is 1. The van der Waals surface area contributed by atoms with Crippen LogP contribution in [0.25, 0.3) is 0 Å². The number of rotatable bonds is 3. The minimum Gasteiger partial charge on any atom is -0.457 e. The maximum absolute atomic E-state index is 13.0. The maximum Gasteiger partial charge on any atom is 0.340 e. The van der Waals surface area contributed by atoms with Crippen molar-refractivity contribution >= 4 is 11.7 Å². The van der Waals surface area contributed by atoms with Crippen LogP contribution < -0.4 is 5.73 Å². The van der Waals surface area contributed by atoms with Crippen LogP contribution in [0.15, 0.2) is 42.5 Å². The first-order valence-corrected chi connectivity index (χ1v) is 5.53. The molecule has 0 radical (unpaired) electrons. The summed E-state index contributed by atoms with van der Waals surface area (Å²) in [5.74, 6) is -1.74. The summed E-state index contributed by atoms with van der Waals surface area (Å²) in [6.45, 7) is -0.105. The van der Waals surface area contributed by atoms with Crippen molar-refractivity contribution in [2.24, 2.45) is 0 Å². The van der Waals surface area contributed by atoms with Gasteiger partial charge in [-0.05, 0) is 35.9 Å². The zero-order valence-corrected chi connectivity index (χ0v) is 9.90. The minimum atomic E-state index is -0.749. The van der Waals surface area contributed by atoms with Gasteiger partial charge in [-0.25, -0.2) is 13.6 Å². The molecule has 0 amide bonds. The van der Waals surface area contributed by atoms with E-state index in [1.807, 2.05) is 0 Å². The third-order valence-electron chi connectivity index (χ3n) is 2.49. The second kappa shape index (κ2) is 5.48. The molecular weight excluding hydrogens is 252 g/mol. The summed E-state index contributed by atoms with van der Waals surface area (Å²) in [4.78, 5) is 11.7. The predicted molar refractivity (Wildman–Crippen MR) is 66.3 cm³/mol. The zero-order valence-electron chi connectivity index (χ0n) is 9.90. The van der Waals surface area contributed by atoms with E-state index in [0.29, 0.717) is 5.56 Å². The van der Waals surface area contributed by atoms with Crippen LogP contribution in [0, 0.1) is 11.6 Å². The smallest absolute Gasteiger partial charge is 0.340 e. The summed E-state index contributed by atoms with van der Waals surface area (Å²) in [6, 6.07) is 9.11. The Bertz CT molecular complexity index is 614. The summed E-state index contributed by atoms with van der Waals surface area (Å²) >= 11 is 0. The van der Waals surface area contributed by atoms with Crippen LogP contribution in [0.3, 0.4) is 0 Å². The summed E-state index contributed by atoms with van der Waals surface area (Å²) in [6.07, 6.45) is 0. The fourth-order valence-electron chi connectivity index (χ4n) is 1.56. The Morgan fingerprint density at radius 1 is 1.11 bits per heavy atom. The molecule has 19 heavy (non-hydrogen) atoms. The van der Waals surface area contributed by atoms with Gasteiger partial charge in [0, 0.05) is 5.69 Å². The molecule has 0 atom stereocenters. The molecule has 0 aliphatic rings. The van der Waals surface area contributed by atoms with Crippen LogP contribution in [0.2, 0.25) is 0 Å². The Labute approximate surface area is 108 Å². The van der Waals surface area contributed by atoms with Crippen molar-refractivity contribution in [1.82, 2.24) is 0 Å². The quantitative estimate of drug-likeness (QED) is 0.684. The topological polar surface area (TPSA) is 52.3 Å². The average molecular weight is 263 g/mol. The molecule has 98 valence electrons. The zero-order chi connectivity index (χ0) is 13.8. The monoisotopic (exact) mass is 263 g/mol. The van der Waals surface area contributed by atoms with Gasteiger partial charge in [0.05, 0.1) is 5.56 Å². The number of hydrogen-bond acceptors (Lipinski definition) is 3. The maximum atomic E-state index is 13.0. The van der Waals surface area contributed by atoms with E-state index in [9.17, 15) is 13.6 Å². The number of benzene rings is 2. The second-order valence-corrected chi connectivity index (χ2v) is 3.94. The molecule has 0 bridgehead atoms. The number of hydrogen-bond donors (Lipinski definition) is 1. The lowest BCUT2D eigenvalue weighted by Crippen LogP contribution is -2.08. The summed E-state index contributed by atoms with van der Waals surface area (Å²) in [7, 11) is 0. The van der Waals surface area contributed by atoms with E-state index in [0.717, 1.165) is 12.1 Å². The highest BCUT2D eigenvalue weighted by molar-refractivity contribution is 5.95. The molecule has 5 heteroatoms. The Kier molecular flexibility index (Phi) is 3.75. The van der Waals surface area contributed by atoms with Crippen LogP contribution in [-0.2, 0) is 11.3 Å². The van der Waals surface area contributed by atoms with Gasteiger partial charge < -0.3 is 10.5 Å². The molecular formula is C14H11F2NO2. The molecule has 0 saturated carbocycles. The van der Waals surface area contributed by atoms with Gasteiger partial charge in [0.2, 0.25) is 0 Å². The first kappa shape index (κ1) is 13.0. The number of nitrogens with two attached hydrogens (primary N) is 1. The molecule has 0 aromatic heterocycles. The van der Waals surface area contributed by atoms with Crippen molar-refractivity contribution < 1.29 is 18.3 Å². The standard InChI is InChI=1S/C14H11F2NO2/c15-10-3-1-2-9(6-10)8-19-14(18)12-7-11(16)4-5-13(12)17/h1-7H,8,17H2. The first-order valence-electron chi connectivity index (χ1n) is 5.53. The van der Waals surface area contributed by atoms with Crippen LogP contribution >= 0.6 is 0 Å². The molecule has 2 rings (SSSR count). The second-order valence-electron chi connectivity index (χ2n) is 3.94. The predicted octanol–water partition coefficient (Wildman–Crippen LogP) is 2.90. The highest BCUT2D eigenvalue weighted by atomic mass is 19.1.